The fourth-order valence-corrected chi connectivity index (χ4v) is 3.41. The molecule has 0 aliphatic carbocycles. The molecule has 0 amide bonds. The molecule has 1 rings (SSSR count). The van der Waals surface area contributed by atoms with Gasteiger partial charge in [0.2, 0.25) is 0 Å². The van der Waals surface area contributed by atoms with Crippen molar-refractivity contribution in [2.45, 2.75) is 99.5 Å². The van der Waals surface area contributed by atoms with E-state index in [9.17, 15) is 24.3 Å². The highest BCUT2D eigenvalue weighted by atomic mass is 16.7. The third-order valence-electron chi connectivity index (χ3n) is 6.93. The minimum Gasteiger partial charge on any atom is -0.480 e. The topological polar surface area (TPSA) is 161 Å². The van der Waals surface area contributed by atoms with Gasteiger partial charge in [-0.15, -0.1) is 0 Å². The summed E-state index contributed by atoms with van der Waals surface area (Å²) in [5.41, 5.74) is 6.45. The largest absolute Gasteiger partial charge is 0.514 e. The van der Waals surface area contributed by atoms with Gasteiger partial charge in [-0.1, -0.05) is 54.5 Å². The fraction of sp³-hybridized carbons (Fsp3) is 0.655. The standard InChI is InChI=1S/C29H45NO10/c1-14(2)18(8)37-28(34)39-22-12-11-21(13-23(22)40-29(35)38-19(9)15(3)4)24(25(30)26(31)32)17(7)20(10)36-27(33)16(5)6/h11-20,24-25H,30H2,1-10H3,(H,31,32)/t17?,18?,19?,20?,24?,25-/m0/s1. The van der Waals surface area contributed by atoms with E-state index in [1.807, 2.05) is 27.7 Å². The van der Waals surface area contributed by atoms with Gasteiger partial charge in [-0.2, -0.15) is 0 Å². The minimum atomic E-state index is -1.40. The van der Waals surface area contributed by atoms with Gasteiger partial charge in [0.15, 0.2) is 11.5 Å². The molecular formula is C29H45NO10. The summed E-state index contributed by atoms with van der Waals surface area (Å²) in [6.45, 7) is 17.6. The molecule has 0 saturated heterocycles. The van der Waals surface area contributed by atoms with Crippen molar-refractivity contribution in [3.8, 4) is 11.5 Å². The first-order valence-corrected chi connectivity index (χ1v) is 13.6. The summed E-state index contributed by atoms with van der Waals surface area (Å²) in [7, 11) is 0. The van der Waals surface area contributed by atoms with Gasteiger partial charge in [0, 0.05) is 11.8 Å². The van der Waals surface area contributed by atoms with Crippen molar-refractivity contribution < 1.29 is 48.0 Å². The predicted molar refractivity (Wildman–Crippen MR) is 147 cm³/mol. The smallest absolute Gasteiger partial charge is 0.480 e. The third-order valence-corrected chi connectivity index (χ3v) is 6.93. The Morgan fingerprint density at radius 2 is 1.18 bits per heavy atom. The van der Waals surface area contributed by atoms with E-state index in [4.69, 9.17) is 29.4 Å². The minimum absolute atomic E-state index is 0.0101. The number of esters is 1. The zero-order valence-electron chi connectivity index (χ0n) is 25.1. The van der Waals surface area contributed by atoms with Crippen LogP contribution in [0.5, 0.6) is 11.5 Å². The lowest BCUT2D eigenvalue weighted by Crippen LogP contribution is -2.43. The number of nitrogens with two attached hydrogens (primary N) is 1. The van der Waals surface area contributed by atoms with Gasteiger partial charge >= 0.3 is 24.2 Å². The summed E-state index contributed by atoms with van der Waals surface area (Å²) in [4.78, 5) is 49.2. The maximum absolute atomic E-state index is 12.6. The van der Waals surface area contributed by atoms with Crippen molar-refractivity contribution in [2.75, 3.05) is 0 Å². The van der Waals surface area contributed by atoms with Crippen molar-refractivity contribution in [1.82, 2.24) is 0 Å². The molecule has 1 aromatic rings. The van der Waals surface area contributed by atoms with Crippen molar-refractivity contribution in [3.05, 3.63) is 23.8 Å². The Morgan fingerprint density at radius 3 is 1.60 bits per heavy atom. The van der Waals surface area contributed by atoms with Crippen LogP contribution in [0.15, 0.2) is 18.2 Å². The van der Waals surface area contributed by atoms with Gasteiger partial charge in [-0.3, -0.25) is 9.59 Å². The van der Waals surface area contributed by atoms with Crippen LogP contribution >= 0.6 is 0 Å². The Bertz CT molecular complexity index is 1020. The Labute approximate surface area is 236 Å². The first-order valence-electron chi connectivity index (χ1n) is 13.6. The van der Waals surface area contributed by atoms with Crippen LogP contribution < -0.4 is 15.2 Å². The number of hydrogen-bond acceptors (Lipinski definition) is 10. The van der Waals surface area contributed by atoms with Gasteiger partial charge in [0.05, 0.1) is 5.92 Å². The van der Waals surface area contributed by atoms with E-state index >= 15 is 0 Å². The Hall–Kier alpha value is -3.34. The van der Waals surface area contributed by atoms with Crippen molar-refractivity contribution in [1.29, 1.82) is 0 Å². The van der Waals surface area contributed by atoms with Gasteiger partial charge in [0.25, 0.3) is 0 Å². The number of rotatable bonds is 13. The van der Waals surface area contributed by atoms with Gasteiger partial charge in [-0.25, -0.2) is 9.59 Å². The molecule has 0 radical (unpaired) electrons. The lowest BCUT2D eigenvalue weighted by Gasteiger charge is -2.32. The average Bonchev–Trinajstić information content (AvgIpc) is 2.84. The highest BCUT2D eigenvalue weighted by Crippen LogP contribution is 2.37. The molecule has 0 aliphatic rings. The molecule has 11 nitrogen and oxygen atoms in total. The number of carbonyl (C=O) groups is 4. The fourth-order valence-electron chi connectivity index (χ4n) is 3.41. The van der Waals surface area contributed by atoms with Crippen LogP contribution in [-0.2, 0) is 23.8 Å². The number of hydrogen-bond donors (Lipinski definition) is 2. The molecule has 11 heteroatoms. The second-order valence-electron chi connectivity index (χ2n) is 11.1. The predicted octanol–water partition coefficient (Wildman–Crippen LogP) is 5.53. The van der Waals surface area contributed by atoms with Crippen LogP contribution in [0.1, 0.15) is 80.7 Å². The second-order valence-corrected chi connectivity index (χ2v) is 11.1. The summed E-state index contributed by atoms with van der Waals surface area (Å²) in [5, 5.41) is 9.76. The summed E-state index contributed by atoms with van der Waals surface area (Å²) in [5.74, 6) is -3.86. The monoisotopic (exact) mass is 567 g/mol. The lowest BCUT2D eigenvalue weighted by atomic mass is 9.79. The van der Waals surface area contributed by atoms with E-state index in [0.29, 0.717) is 5.56 Å². The molecule has 0 aromatic heterocycles. The van der Waals surface area contributed by atoms with Crippen LogP contribution in [0.3, 0.4) is 0 Å². The van der Waals surface area contributed by atoms with Gasteiger partial charge in [0.1, 0.15) is 24.4 Å². The quantitative estimate of drug-likeness (QED) is 0.175. The highest BCUT2D eigenvalue weighted by molar-refractivity contribution is 5.75. The number of ether oxygens (including phenoxy) is 5. The lowest BCUT2D eigenvalue weighted by molar-refractivity contribution is -0.155. The van der Waals surface area contributed by atoms with Gasteiger partial charge < -0.3 is 34.5 Å². The average molecular weight is 568 g/mol. The van der Waals surface area contributed by atoms with E-state index < -0.39 is 60.4 Å². The summed E-state index contributed by atoms with van der Waals surface area (Å²) < 4.78 is 26.8. The number of carbonyl (C=O) groups excluding carboxylic acids is 3. The summed E-state index contributed by atoms with van der Waals surface area (Å²) in [6, 6.07) is 2.81. The van der Waals surface area contributed by atoms with E-state index in [2.05, 4.69) is 0 Å². The Balaban J connectivity index is 3.50. The molecule has 0 aliphatic heterocycles. The molecule has 0 bridgehead atoms. The molecular weight excluding hydrogens is 522 g/mol. The van der Waals surface area contributed by atoms with E-state index in [1.54, 1.807) is 41.5 Å². The second kappa shape index (κ2) is 15.4. The first kappa shape index (κ1) is 34.7. The van der Waals surface area contributed by atoms with Crippen LogP contribution in [0.25, 0.3) is 0 Å². The van der Waals surface area contributed by atoms with Crippen molar-refractivity contribution in [2.24, 2.45) is 29.4 Å². The number of carboxylic acids is 1. The van der Waals surface area contributed by atoms with Gasteiger partial charge in [-0.05, 0) is 50.3 Å². The molecule has 0 fully saturated rings. The zero-order chi connectivity index (χ0) is 30.9. The normalized spacial score (nSPS) is 15.9. The maximum atomic E-state index is 12.6. The molecule has 3 N–H and O–H groups in total. The van der Waals surface area contributed by atoms with E-state index in [-0.39, 0.29) is 29.3 Å². The van der Waals surface area contributed by atoms with E-state index in [1.165, 1.54) is 18.2 Å². The van der Waals surface area contributed by atoms with Crippen LogP contribution in [0.4, 0.5) is 9.59 Å². The molecule has 40 heavy (non-hydrogen) atoms. The van der Waals surface area contributed by atoms with Crippen LogP contribution in [0, 0.1) is 23.7 Å². The maximum Gasteiger partial charge on any atom is 0.514 e. The SMILES string of the molecule is CC(C)C(=O)OC(C)C(C)C(c1ccc(OC(=O)OC(C)C(C)C)c(OC(=O)OC(C)C(C)C)c1)[C@H](N)C(=O)O. The summed E-state index contributed by atoms with van der Waals surface area (Å²) in [6.07, 6.45) is -3.67. The van der Waals surface area contributed by atoms with E-state index in [0.717, 1.165) is 0 Å². The first-order chi connectivity index (χ1) is 18.5. The molecule has 0 saturated carbocycles. The molecule has 6 atom stereocenters. The number of aliphatic carboxylic acids is 1. The molecule has 0 spiro atoms. The van der Waals surface area contributed by atoms with Crippen molar-refractivity contribution in [3.63, 3.8) is 0 Å². The van der Waals surface area contributed by atoms with Crippen molar-refractivity contribution >= 4 is 24.2 Å². The summed E-state index contributed by atoms with van der Waals surface area (Å²) >= 11 is 0. The Morgan fingerprint density at radius 1 is 0.700 bits per heavy atom. The zero-order valence-corrected chi connectivity index (χ0v) is 25.1. The highest BCUT2D eigenvalue weighted by Gasteiger charge is 2.36. The van der Waals surface area contributed by atoms with Crippen LogP contribution in [-0.4, -0.2) is 53.7 Å². The number of carboxylic acid groups (broad SMARTS) is 1. The molecule has 1 aromatic carbocycles. The molecule has 5 unspecified atom stereocenters. The van der Waals surface area contributed by atoms with Crippen LogP contribution in [0.2, 0.25) is 0 Å². The third kappa shape index (κ3) is 10.3. The Kier molecular flexibility index (Phi) is 13.4. The molecule has 0 heterocycles. The number of benzene rings is 1. The molecule has 226 valence electrons.